The predicted molar refractivity (Wildman–Crippen MR) is 55.6 cm³/mol. The number of nitrogens with zero attached hydrogens (tertiary/aromatic N) is 1. The summed E-state index contributed by atoms with van der Waals surface area (Å²) < 4.78 is 0. The molecule has 0 aliphatic carbocycles. The van der Waals surface area contributed by atoms with Crippen LogP contribution in [0.4, 0.5) is 0 Å². The van der Waals surface area contributed by atoms with Gasteiger partial charge in [-0.05, 0) is 19.4 Å². The molecule has 0 aromatic heterocycles. The first-order valence-corrected chi connectivity index (χ1v) is 4.55. The molecule has 1 aliphatic heterocycles. The Kier molecular flexibility index (Phi) is 4.99. The number of likely N-dealkylation sites (N-methyl/N-ethyl adjacent to an activating group) is 1. The standard InChI is InChI=1S/C9H18N2O.CH4/c1-7(2)9-4-8(10-6-12)5-11(9)3;/h6-9H,4-5H2,1-3H3,(H,10,12);1H4. The summed E-state index contributed by atoms with van der Waals surface area (Å²) in [5.41, 5.74) is 0. The van der Waals surface area contributed by atoms with Crippen molar-refractivity contribution >= 4 is 6.41 Å². The number of carbonyl (C=O) groups excluding carboxylic acids is 1. The third kappa shape index (κ3) is 2.99. The van der Waals surface area contributed by atoms with Crippen molar-refractivity contribution in [2.75, 3.05) is 13.6 Å². The van der Waals surface area contributed by atoms with Crippen LogP contribution in [0.1, 0.15) is 27.7 Å². The van der Waals surface area contributed by atoms with Gasteiger partial charge in [0.05, 0.1) is 0 Å². The number of rotatable bonds is 3. The maximum Gasteiger partial charge on any atom is 0.207 e. The van der Waals surface area contributed by atoms with E-state index in [2.05, 4.69) is 31.1 Å². The van der Waals surface area contributed by atoms with Crippen molar-refractivity contribution in [1.82, 2.24) is 10.2 Å². The van der Waals surface area contributed by atoms with Crippen LogP contribution in [0.15, 0.2) is 0 Å². The molecule has 13 heavy (non-hydrogen) atoms. The SMILES string of the molecule is C.CC(C)C1CC(NC=O)CN1C. The number of likely N-dealkylation sites (tertiary alicyclic amines) is 1. The normalized spacial score (nSPS) is 28.6. The van der Waals surface area contributed by atoms with Gasteiger partial charge in [-0.15, -0.1) is 0 Å². The van der Waals surface area contributed by atoms with Gasteiger partial charge in [0.25, 0.3) is 0 Å². The van der Waals surface area contributed by atoms with E-state index < -0.39 is 0 Å². The lowest BCUT2D eigenvalue weighted by Gasteiger charge is -2.22. The van der Waals surface area contributed by atoms with Gasteiger partial charge >= 0.3 is 0 Å². The average Bonchev–Trinajstić information content (AvgIpc) is 2.32. The quantitative estimate of drug-likeness (QED) is 0.669. The van der Waals surface area contributed by atoms with Crippen molar-refractivity contribution < 1.29 is 4.79 Å². The monoisotopic (exact) mass is 186 g/mol. The van der Waals surface area contributed by atoms with E-state index in [0.717, 1.165) is 19.4 Å². The van der Waals surface area contributed by atoms with Gasteiger partial charge in [0.2, 0.25) is 6.41 Å². The minimum atomic E-state index is 0. The Hall–Kier alpha value is -0.570. The second kappa shape index (κ2) is 5.22. The highest BCUT2D eigenvalue weighted by molar-refractivity contribution is 5.46. The number of nitrogens with one attached hydrogen (secondary N) is 1. The molecule has 0 spiro atoms. The summed E-state index contributed by atoms with van der Waals surface area (Å²) in [6.45, 7) is 5.44. The van der Waals surface area contributed by atoms with Crippen LogP contribution in [0.25, 0.3) is 0 Å². The Morgan fingerprint density at radius 2 is 2.15 bits per heavy atom. The third-order valence-electron chi connectivity index (χ3n) is 2.67. The summed E-state index contributed by atoms with van der Waals surface area (Å²) in [7, 11) is 2.12. The van der Waals surface area contributed by atoms with E-state index in [1.165, 1.54) is 0 Å². The molecule has 0 bridgehead atoms. The fraction of sp³-hybridized carbons (Fsp3) is 0.900. The minimum absolute atomic E-state index is 0. The molecular formula is C10H22N2O. The molecule has 1 rings (SSSR count). The van der Waals surface area contributed by atoms with Crippen LogP contribution in [0, 0.1) is 5.92 Å². The van der Waals surface area contributed by atoms with E-state index in [0.29, 0.717) is 18.0 Å². The maximum absolute atomic E-state index is 10.2. The summed E-state index contributed by atoms with van der Waals surface area (Å²) >= 11 is 0. The van der Waals surface area contributed by atoms with Crippen LogP contribution in [-0.2, 0) is 4.79 Å². The highest BCUT2D eigenvalue weighted by Crippen LogP contribution is 2.21. The molecule has 78 valence electrons. The Labute approximate surface area is 81.5 Å². The van der Waals surface area contributed by atoms with Gasteiger partial charge in [0.1, 0.15) is 0 Å². The molecule has 0 aromatic rings. The van der Waals surface area contributed by atoms with Gasteiger partial charge in [-0.1, -0.05) is 21.3 Å². The first kappa shape index (κ1) is 12.4. The molecule has 0 saturated carbocycles. The van der Waals surface area contributed by atoms with Crippen molar-refractivity contribution in [2.24, 2.45) is 5.92 Å². The third-order valence-corrected chi connectivity index (χ3v) is 2.67. The Morgan fingerprint density at radius 3 is 2.54 bits per heavy atom. The second-order valence-electron chi connectivity index (χ2n) is 3.97. The highest BCUT2D eigenvalue weighted by atomic mass is 16.1. The van der Waals surface area contributed by atoms with Gasteiger partial charge in [-0.3, -0.25) is 4.79 Å². The van der Waals surface area contributed by atoms with E-state index in [-0.39, 0.29) is 7.43 Å². The fourth-order valence-electron chi connectivity index (χ4n) is 2.03. The molecule has 3 heteroatoms. The van der Waals surface area contributed by atoms with Gasteiger partial charge in [0, 0.05) is 18.6 Å². The van der Waals surface area contributed by atoms with Crippen molar-refractivity contribution in [3.05, 3.63) is 0 Å². The Balaban J connectivity index is 0.00000144. The molecule has 1 aliphatic rings. The average molecular weight is 186 g/mol. The summed E-state index contributed by atoms with van der Waals surface area (Å²) in [5, 5.41) is 2.84. The lowest BCUT2D eigenvalue weighted by Crippen LogP contribution is -2.31. The second-order valence-corrected chi connectivity index (χ2v) is 3.97. The predicted octanol–water partition coefficient (Wildman–Crippen LogP) is 1.10. The number of hydrogen-bond donors (Lipinski definition) is 1. The van der Waals surface area contributed by atoms with Gasteiger partial charge in [-0.25, -0.2) is 0 Å². The zero-order valence-electron chi connectivity index (χ0n) is 8.08. The van der Waals surface area contributed by atoms with Crippen LogP contribution < -0.4 is 5.32 Å². The highest BCUT2D eigenvalue weighted by Gasteiger charge is 2.30. The van der Waals surface area contributed by atoms with E-state index in [9.17, 15) is 4.79 Å². The molecule has 1 heterocycles. The molecule has 1 amide bonds. The molecule has 1 N–H and O–H groups in total. The first-order chi connectivity index (χ1) is 5.65. The van der Waals surface area contributed by atoms with E-state index in [1.807, 2.05) is 0 Å². The van der Waals surface area contributed by atoms with Crippen LogP contribution in [0.2, 0.25) is 0 Å². The van der Waals surface area contributed by atoms with Crippen molar-refractivity contribution in [3.63, 3.8) is 0 Å². The number of amides is 1. The van der Waals surface area contributed by atoms with E-state index in [4.69, 9.17) is 0 Å². The lowest BCUT2D eigenvalue weighted by molar-refractivity contribution is -0.110. The van der Waals surface area contributed by atoms with E-state index >= 15 is 0 Å². The molecule has 1 saturated heterocycles. The topological polar surface area (TPSA) is 32.3 Å². The van der Waals surface area contributed by atoms with Crippen molar-refractivity contribution in [1.29, 1.82) is 0 Å². The smallest absolute Gasteiger partial charge is 0.207 e. The number of hydrogen-bond acceptors (Lipinski definition) is 2. The Bertz CT molecular complexity index is 159. The zero-order valence-corrected chi connectivity index (χ0v) is 8.08. The van der Waals surface area contributed by atoms with Crippen LogP contribution in [-0.4, -0.2) is 37.0 Å². The summed E-state index contributed by atoms with van der Waals surface area (Å²) in [6, 6.07) is 0.988. The zero-order chi connectivity index (χ0) is 9.14. The van der Waals surface area contributed by atoms with Gasteiger partial charge in [0.15, 0.2) is 0 Å². The van der Waals surface area contributed by atoms with Crippen LogP contribution in [0.3, 0.4) is 0 Å². The molecule has 3 nitrogen and oxygen atoms in total. The lowest BCUT2D eigenvalue weighted by atomic mass is 10.0. The fourth-order valence-corrected chi connectivity index (χ4v) is 2.03. The van der Waals surface area contributed by atoms with Crippen molar-refractivity contribution in [2.45, 2.75) is 39.8 Å². The van der Waals surface area contributed by atoms with Gasteiger partial charge in [-0.2, -0.15) is 0 Å². The van der Waals surface area contributed by atoms with Crippen LogP contribution in [0.5, 0.6) is 0 Å². The molecule has 0 radical (unpaired) electrons. The minimum Gasteiger partial charge on any atom is -0.355 e. The Morgan fingerprint density at radius 1 is 1.54 bits per heavy atom. The van der Waals surface area contributed by atoms with Crippen molar-refractivity contribution in [3.8, 4) is 0 Å². The van der Waals surface area contributed by atoms with Crippen LogP contribution >= 0.6 is 0 Å². The molecule has 2 atom stereocenters. The summed E-state index contributed by atoms with van der Waals surface area (Å²) in [6.07, 6.45) is 1.90. The first-order valence-electron chi connectivity index (χ1n) is 4.55. The van der Waals surface area contributed by atoms with Gasteiger partial charge < -0.3 is 10.2 Å². The molecule has 0 aromatic carbocycles. The summed E-state index contributed by atoms with van der Waals surface area (Å²) in [4.78, 5) is 12.5. The molecule has 1 fully saturated rings. The maximum atomic E-state index is 10.2. The van der Waals surface area contributed by atoms with E-state index in [1.54, 1.807) is 0 Å². The molecular weight excluding hydrogens is 164 g/mol. The number of carbonyl (C=O) groups is 1. The largest absolute Gasteiger partial charge is 0.355 e. The summed E-state index contributed by atoms with van der Waals surface area (Å²) in [5.74, 6) is 0.674. The molecule has 2 unspecified atom stereocenters.